The topological polar surface area (TPSA) is 82.8 Å². The number of amides is 1. The second-order valence-electron chi connectivity index (χ2n) is 2.80. The van der Waals surface area contributed by atoms with Crippen molar-refractivity contribution in [3.63, 3.8) is 0 Å². The maximum Gasteiger partial charge on any atom is 0.437 e. The molecule has 0 aliphatic carbocycles. The Labute approximate surface area is 92.0 Å². The molecule has 0 heterocycles. The molecule has 0 aliphatic heterocycles. The molecule has 6 nitrogen and oxygen atoms in total. The summed E-state index contributed by atoms with van der Waals surface area (Å²) in [7, 11) is 1.55. The number of hydrogen-bond donors (Lipinski definition) is 2. The maximum absolute atomic E-state index is 12.7. The van der Waals surface area contributed by atoms with Gasteiger partial charge in [-0.05, 0) is 6.42 Å². The largest absolute Gasteiger partial charge is 0.437 e. The predicted octanol–water partition coefficient (Wildman–Crippen LogP) is -0.361. The second-order valence-corrected chi connectivity index (χ2v) is 2.80. The maximum atomic E-state index is 12.7. The minimum absolute atomic E-state index is 0.0306. The SMILES string of the molecule is COCCCOCCOC(F)(F)C(=O)NN. The fourth-order valence-electron chi connectivity index (χ4n) is 0.786. The summed E-state index contributed by atoms with van der Waals surface area (Å²) in [4.78, 5) is 10.5. The highest BCUT2D eigenvalue weighted by Gasteiger charge is 2.39. The van der Waals surface area contributed by atoms with E-state index in [1.54, 1.807) is 7.11 Å². The van der Waals surface area contributed by atoms with Crippen LogP contribution in [-0.2, 0) is 19.0 Å². The standard InChI is InChI=1S/C8H16F2N2O4/c1-14-3-2-4-15-5-6-16-8(9,10)7(13)12-11/h2-6,11H2,1H3,(H,12,13). The molecule has 0 saturated carbocycles. The van der Waals surface area contributed by atoms with Crippen LogP contribution in [0.1, 0.15) is 6.42 Å². The van der Waals surface area contributed by atoms with Gasteiger partial charge in [0, 0.05) is 20.3 Å². The van der Waals surface area contributed by atoms with E-state index in [0.717, 1.165) is 0 Å². The van der Waals surface area contributed by atoms with Crippen molar-refractivity contribution in [3.05, 3.63) is 0 Å². The number of carbonyl (C=O) groups is 1. The van der Waals surface area contributed by atoms with Crippen molar-refractivity contribution in [2.45, 2.75) is 12.5 Å². The molecule has 0 aromatic carbocycles. The first kappa shape index (κ1) is 15.2. The third-order valence-corrected chi connectivity index (χ3v) is 1.54. The molecule has 1 amide bonds. The summed E-state index contributed by atoms with van der Waals surface area (Å²) >= 11 is 0. The molecular formula is C8H16F2N2O4. The number of hydrogen-bond acceptors (Lipinski definition) is 5. The number of methoxy groups -OCH3 is 1. The van der Waals surface area contributed by atoms with Gasteiger partial charge >= 0.3 is 12.0 Å². The zero-order valence-electron chi connectivity index (χ0n) is 9.00. The van der Waals surface area contributed by atoms with Crippen molar-refractivity contribution in [3.8, 4) is 0 Å². The van der Waals surface area contributed by atoms with Crippen LogP contribution in [0.5, 0.6) is 0 Å². The molecule has 0 radical (unpaired) electrons. The van der Waals surface area contributed by atoms with Gasteiger partial charge in [-0.1, -0.05) is 0 Å². The van der Waals surface area contributed by atoms with Crippen molar-refractivity contribution in [2.24, 2.45) is 5.84 Å². The van der Waals surface area contributed by atoms with Crippen molar-refractivity contribution in [2.75, 3.05) is 33.5 Å². The molecule has 0 spiro atoms. The predicted molar refractivity (Wildman–Crippen MR) is 50.5 cm³/mol. The zero-order chi connectivity index (χ0) is 12.4. The van der Waals surface area contributed by atoms with Crippen LogP contribution in [0.2, 0.25) is 0 Å². The van der Waals surface area contributed by atoms with Crippen LogP contribution in [0, 0.1) is 0 Å². The summed E-state index contributed by atoms with van der Waals surface area (Å²) in [6.45, 7) is 0.489. The fraction of sp³-hybridized carbons (Fsp3) is 0.875. The average Bonchev–Trinajstić information content (AvgIpc) is 2.26. The first-order valence-electron chi connectivity index (χ1n) is 4.64. The van der Waals surface area contributed by atoms with E-state index < -0.39 is 18.6 Å². The van der Waals surface area contributed by atoms with Crippen LogP contribution in [0.4, 0.5) is 8.78 Å². The average molecular weight is 242 g/mol. The number of rotatable bonds is 9. The van der Waals surface area contributed by atoms with Crippen LogP contribution in [0.3, 0.4) is 0 Å². The van der Waals surface area contributed by atoms with E-state index in [9.17, 15) is 13.6 Å². The lowest BCUT2D eigenvalue weighted by molar-refractivity contribution is -0.234. The Morgan fingerprint density at radius 1 is 1.31 bits per heavy atom. The Hall–Kier alpha value is -0.830. The quantitative estimate of drug-likeness (QED) is 0.250. The molecule has 0 aromatic rings. The van der Waals surface area contributed by atoms with Crippen LogP contribution in [-0.4, -0.2) is 45.6 Å². The number of nitrogens with one attached hydrogen (secondary N) is 1. The number of carbonyl (C=O) groups excluding carboxylic acids is 1. The van der Waals surface area contributed by atoms with Crippen LogP contribution >= 0.6 is 0 Å². The van der Waals surface area contributed by atoms with Gasteiger partial charge in [0.15, 0.2) is 0 Å². The zero-order valence-corrected chi connectivity index (χ0v) is 9.00. The molecule has 16 heavy (non-hydrogen) atoms. The summed E-state index contributed by atoms with van der Waals surface area (Å²) in [6.07, 6.45) is -3.26. The summed E-state index contributed by atoms with van der Waals surface area (Å²) in [5.74, 6) is 2.85. The van der Waals surface area contributed by atoms with E-state index in [0.29, 0.717) is 19.6 Å². The fourth-order valence-corrected chi connectivity index (χ4v) is 0.786. The highest BCUT2D eigenvalue weighted by atomic mass is 19.3. The van der Waals surface area contributed by atoms with Crippen molar-refractivity contribution in [1.82, 2.24) is 5.43 Å². The number of nitrogens with two attached hydrogens (primary N) is 1. The van der Waals surface area contributed by atoms with Gasteiger partial charge in [0.2, 0.25) is 0 Å². The second kappa shape index (κ2) is 8.34. The van der Waals surface area contributed by atoms with Crippen molar-refractivity contribution in [1.29, 1.82) is 0 Å². The van der Waals surface area contributed by atoms with Gasteiger partial charge in [-0.15, -0.1) is 0 Å². The summed E-state index contributed by atoms with van der Waals surface area (Å²) in [5, 5.41) is 0. The number of alkyl halides is 2. The van der Waals surface area contributed by atoms with E-state index in [2.05, 4.69) is 10.6 Å². The Kier molecular flexibility index (Phi) is 7.90. The third kappa shape index (κ3) is 6.62. The summed E-state index contributed by atoms with van der Waals surface area (Å²) in [6, 6.07) is 0. The van der Waals surface area contributed by atoms with Gasteiger partial charge in [0.1, 0.15) is 0 Å². The van der Waals surface area contributed by atoms with E-state index in [4.69, 9.17) is 9.47 Å². The molecule has 0 rings (SSSR count). The molecule has 0 aliphatic rings. The van der Waals surface area contributed by atoms with Gasteiger partial charge in [-0.3, -0.25) is 10.2 Å². The first-order valence-corrected chi connectivity index (χ1v) is 4.64. The molecule has 0 fully saturated rings. The lowest BCUT2D eigenvalue weighted by Crippen LogP contribution is -2.45. The van der Waals surface area contributed by atoms with E-state index in [1.165, 1.54) is 5.43 Å². The molecule has 0 aromatic heterocycles. The molecule has 8 heteroatoms. The Balaban J connectivity index is 3.47. The van der Waals surface area contributed by atoms with E-state index in [-0.39, 0.29) is 6.61 Å². The monoisotopic (exact) mass is 242 g/mol. The summed E-state index contributed by atoms with van der Waals surface area (Å²) in [5.41, 5.74) is 1.30. The highest BCUT2D eigenvalue weighted by molar-refractivity contribution is 5.81. The molecule has 0 atom stereocenters. The highest BCUT2D eigenvalue weighted by Crippen LogP contribution is 2.14. The van der Waals surface area contributed by atoms with Crippen molar-refractivity contribution < 1.29 is 27.8 Å². The number of ether oxygens (including phenoxy) is 3. The Morgan fingerprint density at radius 3 is 2.56 bits per heavy atom. The normalized spacial score (nSPS) is 11.5. The molecule has 0 unspecified atom stereocenters. The summed E-state index contributed by atoms with van der Waals surface area (Å²) < 4.78 is 39.0. The van der Waals surface area contributed by atoms with E-state index in [1.807, 2.05) is 0 Å². The smallest absolute Gasteiger partial charge is 0.385 e. The van der Waals surface area contributed by atoms with Crippen LogP contribution < -0.4 is 11.3 Å². The van der Waals surface area contributed by atoms with Crippen LogP contribution in [0.15, 0.2) is 0 Å². The first-order chi connectivity index (χ1) is 7.54. The van der Waals surface area contributed by atoms with Gasteiger partial charge in [0.25, 0.3) is 0 Å². The minimum Gasteiger partial charge on any atom is -0.385 e. The van der Waals surface area contributed by atoms with Gasteiger partial charge in [-0.2, -0.15) is 8.78 Å². The van der Waals surface area contributed by atoms with Crippen molar-refractivity contribution >= 4 is 5.91 Å². The minimum atomic E-state index is -3.93. The molecular weight excluding hydrogens is 226 g/mol. The lowest BCUT2D eigenvalue weighted by Gasteiger charge is -2.14. The van der Waals surface area contributed by atoms with Crippen LogP contribution in [0.25, 0.3) is 0 Å². The lowest BCUT2D eigenvalue weighted by atomic mass is 10.5. The Bertz CT molecular complexity index is 204. The molecule has 0 bridgehead atoms. The number of halogens is 2. The number of hydrazine groups is 1. The van der Waals surface area contributed by atoms with E-state index >= 15 is 0 Å². The van der Waals surface area contributed by atoms with Gasteiger partial charge in [-0.25, -0.2) is 5.84 Å². The molecule has 0 saturated heterocycles. The third-order valence-electron chi connectivity index (χ3n) is 1.54. The van der Waals surface area contributed by atoms with Gasteiger partial charge in [0.05, 0.1) is 13.2 Å². The van der Waals surface area contributed by atoms with Gasteiger partial charge < -0.3 is 14.2 Å². The Morgan fingerprint density at radius 2 is 2.00 bits per heavy atom. The molecule has 3 N–H and O–H groups in total. The molecule has 96 valence electrons.